The van der Waals surface area contributed by atoms with E-state index in [9.17, 15) is 9.18 Å². The number of imidazole rings is 1. The SMILES string of the molecule is Cn1ccnc1[C@H](NC(=O)CCOc1ccccc1)c1ccc(F)cc1. The summed E-state index contributed by atoms with van der Waals surface area (Å²) in [7, 11) is 1.85. The molecule has 1 amide bonds. The number of nitrogens with zero attached hydrogens (tertiary/aromatic N) is 2. The highest BCUT2D eigenvalue weighted by Gasteiger charge is 2.20. The van der Waals surface area contributed by atoms with E-state index in [0.717, 1.165) is 11.3 Å². The number of carbonyl (C=O) groups excluding carboxylic acids is 1. The van der Waals surface area contributed by atoms with Crippen molar-refractivity contribution in [3.63, 3.8) is 0 Å². The predicted molar refractivity (Wildman–Crippen MR) is 96.1 cm³/mol. The van der Waals surface area contributed by atoms with Crippen LogP contribution in [0.25, 0.3) is 0 Å². The molecule has 0 radical (unpaired) electrons. The lowest BCUT2D eigenvalue weighted by atomic mass is 10.1. The molecule has 5 nitrogen and oxygen atoms in total. The highest BCUT2D eigenvalue weighted by molar-refractivity contribution is 5.77. The smallest absolute Gasteiger partial charge is 0.224 e. The summed E-state index contributed by atoms with van der Waals surface area (Å²) in [5, 5.41) is 2.96. The van der Waals surface area contributed by atoms with E-state index in [1.165, 1.54) is 12.1 Å². The maximum atomic E-state index is 13.2. The van der Waals surface area contributed by atoms with Gasteiger partial charge in [0.25, 0.3) is 0 Å². The topological polar surface area (TPSA) is 56.2 Å². The summed E-state index contributed by atoms with van der Waals surface area (Å²) >= 11 is 0. The van der Waals surface area contributed by atoms with E-state index in [4.69, 9.17) is 4.74 Å². The average Bonchev–Trinajstić information content (AvgIpc) is 3.07. The summed E-state index contributed by atoms with van der Waals surface area (Å²) in [4.78, 5) is 16.7. The van der Waals surface area contributed by atoms with Gasteiger partial charge in [-0.2, -0.15) is 0 Å². The summed E-state index contributed by atoms with van der Waals surface area (Å²) in [6, 6.07) is 14.9. The number of rotatable bonds is 7. The third-order valence-electron chi connectivity index (χ3n) is 3.97. The molecule has 1 aromatic heterocycles. The molecular weight excluding hydrogens is 333 g/mol. The fourth-order valence-corrected chi connectivity index (χ4v) is 2.62. The van der Waals surface area contributed by atoms with Crippen molar-refractivity contribution in [3.05, 3.63) is 84.2 Å². The molecule has 0 unspecified atom stereocenters. The number of halogens is 1. The van der Waals surface area contributed by atoms with E-state index in [0.29, 0.717) is 5.82 Å². The number of nitrogens with one attached hydrogen (secondary N) is 1. The first-order valence-electron chi connectivity index (χ1n) is 8.33. The van der Waals surface area contributed by atoms with Crippen molar-refractivity contribution in [2.45, 2.75) is 12.5 Å². The van der Waals surface area contributed by atoms with Gasteiger partial charge in [0.1, 0.15) is 23.4 Å². The lowest BCUT2D eigenvalue weighted by molar-refractivity contribution is -0.122. The quantitative estimate of drug-likeness (QED) is 0.709. The van der Waals surface area contributed by atoms with Gasteiger partial charge in [-0.25, -0.2) is 9.37 Å². The Hall–Kier alpha value is -3.15. The van der Waals surface area contributed by atoms with Crippen LogP contribution in [0.15, 0.2) is 67.0 Å². The molecule has 0 spiro atoms. The first-order chi connectivity index (χ1) is 12.6. The van der Waals surface area contributed by atoms with Gasteiger partial charge in [-0.3, -0.25) is 4.79 Å². The lowest BCUT2D eigenvalue weighted by Gasteiger charge is -2.19. The molecule has 3 aromatic rings. The van der Waals surface area contributed by atoms with Crippen LogP contribution in [-0.2, 0) is 11.8 Å². The Morgan fingerprint density at radius 2 is 1.92 bits per heavy atom. The van der Waals surface area contributed by atoms with Gasteiger partial charge in [-0.1, -0.05) is 30.3 Å². The van der Waals surface area contributed by atoms with E-state index in [1.54, 1.807) is 24.5 Å². The van der Waals surface area contributed by atoms with Crippen LogP contribution in [-0.4, -0.2) is 22.1 Å². The maximum absolute atomic E-state index is 13.2. The van der Waals surface area contributed by atoms with Crippen LogP contribution in [0.2, 0.25) is 0 Å². The first-order valence-corrected chi connectivity index (χ1v) is 8.33. The second-order valence-electron chi connectivity index (χ2n) is 5.86. The minimum absolute atomic E-state index is 0.168. The van der Waals surface area contributed by atoms with Crippen molar-refractivity contribution in [1.82, 2.24) is 14.9 Å². The largest absolute Gasteiger partial charge is 0.493 e. The van der Waals surface area contributed by atoms with Crippen molar-refractivity contribution in [2.75, 3.05) is 6.61 Å². The van der Waals surface area contributed by atoms with E-state index in [1.807, 2.05) is 41.9 Å². The van der Waals surface area contributed by atoms with E-state index >= 15 is 0 Å². The predicted octanol–water partition coefficient (Wildman–Crippen LogP) is 3.23. The van der Waals surface area contributed by atoms with Crippen LogP contribution in [0.5, 0.6) is 5.75 Å². The van der Waals surface area contributed by atoms with Crippen molar-refractivity contribution in [2.24, 2.45) is 7.05 Å². The van der Waals surface area contributed by atoms with Gasteiger partial charge in [0.2, 0.25) is 5.91 Å². The molecule has 1 heterocycles. The average molecular weight is 353 g/mol. The molecule has 0 saturated carbocycles. The second kappa shape index (κ2) is 8.29. The van der Waals surface area contributed by atoms with E-state index in [2.05, 4.69) is 10.3 Å². The third kappa shape index (κ3) is 4.47. The molecule has 2 aromatic carbocycles. The van der Waals surface area contributed by atoms with Crippen LogP contribution in [0, 0.1) is 5.82 Å². The Morgan fingerprint density at radius 3 is 2.58 bits per heavy atom. The molecule has 0 bridgehead atoms. The van der Waals surface area contributed by atoms with Crippen LogP contribution >= 0.6 is 0 Å². The van der Waals surface area contributed by atoms with Gasteiger partial charge in [-0.15, -0.1) is 0 Å². The van der Waals surface area contributed by atoms with Crippen LogP contribution in [0.3, 0.4) is 0 Å². The molecule has 0 aliphatic carbocycles. The maximum Gasteiger partial charge on any atom is 0.224 e. The van der Waals surface area contributed by atoms with Gasteiger partial charge in [-0.05, 0) is 29.8 Å². The number of hydrogen-bond acceptors (Lipinski definition) is 3. The van der Waals surface area contributed by atoms with E-state index in [-0.39, 0.29) is 24.8 Å². The highest BCUT2D eigenvalue weighted by Crippen LogP contribution is 2.21. The Balaban J connectivity index is 1.66. The Labute approximate surface area is 151 Å². The minimum Gasteiger partial charge on any atom is -0.493 e. The minimum atomic E-state index is -0.458. The molecule has 0 saturated heterocycles. The molecule has 0 aliphatic rings. The van der Waals surface area contributed by atoms with Crippen LogP contribution in [0.1, 0.15) is 23.9 Å². The summed E-state index contributed by atoms with van der Waals surface area (Å²) in [5.74, 6) is 0.904. The fraction of sp³-hybridized carbons (Fsp3) is 0.200. The van der Waals surface area contributed by atoms with Gasteiger partial charge in [0.05, 0.1) is 13.0 Å². The lowest BCUT2D eigenvalue weighted by Crippen LogP contribution is -2.32. The van der Waals surface area contributed by atoms with Crippen molar-refractivity contribution >= 4 is 5.91 Å². The molecule has 6 heteroatoms. The Kier molecular flexibility index (Phi) is 5.63. The third-order valence-corrected chi connectivity index (χ3v) is 3.97. The number of benzene rings is 2. The first kappa shape index (κ1) is 17.7. The molecule has 0 aliphatic heterocycles. The van der Waals surface area contributed by atoms with Crippen LogP contribution in [0.4, 0.5) is 4.39 Å². The van der Waals surface area contributed by atoms with Crippen LogP contribution < -0.4 is 10.1 Å². The second-order valence-corrected chi connectivity index (χ2v) is 5.86. The van der Waals surface area contributed by atoms with Gasteiger partial charge < -0.3 is 14.6 Å². The zero-order valence-corrected chi connectivity index (χ0v) is 14.4. The molecule has 134 valence electrons. The summed E-state index contributed by atoms with van der Waals surface area (Å²) in [6.45, 7) is 0.270. The van der Waals surface area contributed by atoms with Crippen molar-refractivity contribution in [1.29, 1.82) is 0 Å². The summed E-state index contributed by atoms with van der Waals surface area (Å²) in [6.07, 6.45) is 3.67. The number of ether oxygens (including phenoxy) is 1. The number of aromatic nitrogens is 2. The fourth-order valence-electron chi connectivity index (χ4n) is 2.62. The van der Waals surface area contributed by atoms with Gasteiger partial charge in [0.15, 0.2) is 0 Å². The van der Waals surface area contributed by atoms with Crippen molar-refractivity contribution < 1.29 is 13.9 Å². The molecule has 26 heavy (non-hydrogen) atoms. The zero-order valence-electron chi connectivity index (χ0n) is 14.4. The zero-order chi connectivity index (χ0) is 18.4. The van der Waals surface area contributed by atoms with Gasteiger partial charge >= 0.3 is 0 Å². The van der Waals surface area contributed by atoms with Crippen molar-refractivity contribution in [3.8, 4) is 5.75 Å². The normalized spacial score (nSPS) is 11.8. The number of amides is 1. The Bertz CT molecular complexity index is 847. The monoisotopic (exact) mass is 353 g/mol. The molecule has 3 rings (SSSR count). The number of carbonyl (C=O) groups is 1. The highest BCUT2D eigenvalue weighted by atomic mass is 19.1. The number of hydrogen-bond donors (Lipinski definition) is 1. The van der Waals surface area contributed by atoms with Gasteiger partial charge in [0, 0.05) is 19.4 Å². The number of para-hydroxylation sites is 1. The number of aryl methyl sites for hydroxylation is 1. The molecule has 0 fully saturated rings. The molecule has 1 atom stereocenters. The summed E-state index contributed by atoms with van der Waals surface area (Å²) < 4.78 is 20.6. The standard InChI is InChI=1S/C20H20FN3O2/c1-24-13-12-22-20(24)19(15-7-9-16(21)10-8-15)23-18(25)11-14-26-17-5-3-2-4-6-17/h2-10,12-13,19H,11,14H2,1H3,(H,23,25)/t19-/m1/s1. The van der Waals surface area contributed by atoms with E-state index < -0.39 is 6.04 Å². The molecule has 1 N–H and O–H groups in total. The summed E-state index contributed by atoms with van der Waals surface area (Å²) in [5.41, 5.74) is 0.762. The Morgan fingerprint density at radius 1 is 1.19 bits per heavy atom. The molecular formula is C20H20FN3O2.